The van der Waals surface area contributed by atoms with Gasteiger partial charge >= 0.3 is 7.48 Å². The van der Waals surface area contributed by atoms with E-state index in [4.69, 9.17) is 28.2 Å². The SMILES string of the molecule is OBc1cc(Cl)ccc1Cl. The molecule has 1 nitrogen and oxygen atoms in total. The Balaban J connectivity index is 3.09. The van der Waals surface area contributed by atoms with E-state index in [1.807, 2.05) is 0 Å². The summed E-state index contributed by atoms with van der Waals surface area (Å²) in [5.74, 6) is 0. The van der Waals surface area contributed by atoms with Gasteiger partial charge in [-0.2, -0.15) is 0 Å². The molecule has 10 heavy (non-hydrogen) atoms. The molecule has 1 aromatic rings. The number of halogens is 2. The molecule has 0 aliphatic heterocycles. The second-order valence-electron chi connectivity index (χ2n) is 1.89. The van der Waals surface area contributed by atoms with Crippen molar-refractivity contribution < 1.29 is 5.02 Å². The van der Waals surface area contributed by atoms with E-state index in [9.17, 15) is 0 Å². The van der Waals surface area contributed by atoms with E-state index in [-0.39, 0.29) is 7.48 Å². The minimum absolute atomic E-state index is 0.0700. The Kier molecular flexibility index (Phi) is 2.60. The van der Waals surface area contributed by atoms with Gasteiger partial charge in [0.1, 0.15) is 0 Å². The highest BCUT2D eigenvalue weighted by Crippen LogP contribution is 2.10. The summed E-state index contributed by atoms with van der Waals surface area (Å²) in [5.41, 5.74) is 0.661. The molecule has 0 heterocycles. The average molecular weight is 175 g/mol. The van der Waals surface area contributed by atoms with Gasteiger partial charge in [0.05, 0.1) is 0 Å². The maximum absolute atomic E-state index is 8.70. The fourth-order valence-electron chi connectivity index (χ4n) is 0.664. The molecule has 0 radical (unpaired) electrons. The molecular formula is C6H5BCl2O. The molecule has 0 atom stereocenters. The van der Waals surface area contributed by atoms with Gasteiger partial charge in [-0.05, 0) is 23.7 Å². The van der Waals surface area contributed by atoms with Crippen molar-refractivity contribution in [1.29, 1.82) is 0 Å². The largest absolute Gasteiger partial charge is 0.449 e. The molecule has 0 saturated carbocycles. The van der Waals surface area contributed by atoms with Crippen molar-refractivity contribution in [2.75, 3.05) is 0 Å². The lowest BCUT2D eigenvalue weighted by Gasteiger charge is -1.97. The maximum Gasteiger partial charge on any atom is 0.306 e. The molecule has 0 amide bonds. The van der Waals surface area contributed by atoms with Crippen LogP contribution in [0.15, 0.2) is 18.2 Å². The number of hydrogen-bond donors (Lipinski definition) is 1. The fraction of sp³-hybridized carbons (Fsp3) is 0. The van der Waals surface area contributed by atoms with Crippen LogP contribution in [0.3, 0.4) is 0 Å². The van der Waals surface area contributed by atoms with E-state index < -0.39 is 0 Å². The Labute approximate surface area is 69.9 Å². The molecule has 1 rings (SSSR count). The van der Waals surface area contributed by atoms with Gasteiger partial charge in [0.25, 0.3) is 0 Å². The Bertz CT molecular complexity index is 239. The van der Waals surface area contributed by atoms with Crippen LogP contribution in [0.2, 0.25) is 10.0 Å². The van der Waals surface area contributed by atoms with Crippen molar-refractivity contribution in [1.82, 2.24) is 0 Å². The van der Waals surface area contributed by atoms with Gasteiger partial charge in [0.2, 0.25) is 0 Å². The van der Waals surface area contributed by atoms with Gasteiger partial charge in [0, 0.05) is 10.0 Å². The first-order chi connectivity index (χ1) is 4.74. The zero-order chi connectivity index (χ0) is 7.56. The van der Waals surface area contributed by atoms with Crippen LogP contribution in [0, 0.1) is 0 Å². The highest BCUT2D eigenvalue weighted by atomic mass is 35.5. The summed E-state index contributed by atoms with van der Waals surface area (Å²) in [6, 6.07) is 4.99. The standard InChI is InChI=1S/C6H5BCl2O/c8-4-1-2-6(9)5(3-4)7-10/h1-3,7,10H. The number of rotatable bonds is 1. The summed E-state index contributed by atoms with van der Waals surface area (Å²) in [5, 5.41) is 9.84. The van der Waals surface area contributed by atoms with Crippen molar-refractivity contribution in [3.8, 4) is 0 Å². The molecule has 0 aromatic heterocycles. The molecule has 52 valence electrons. The van der Waals surface area contributed by atoms with Gasteiger partial charge in [-0.15, -0.1) is 0 Å². The number of benzene rings is 1. The van der Waals surface area contributed by atoms with Crippen molar-refractivity contribution in [3.63, 3.8) is 0 Å². The van der Waals surface area contributed by atoms with Gasteiger partial charge in [-0.3, -0.25) is 0 Å². The van der Waals surface area contributed by atoms with Crippen LogP contribution >= 0.6 is 23.2 Å². The third-order valence-corrected chi connectivity index (χ3v) is 1.78. The molecule has 0 fully saturated rings. The average Bonchev–Trinajstić information content (AvgIpc) is 1.94. The van der Waals surface area contributed by atoms with Crippen LogP contribution in [0.5, 0.6) is 0 Å². The molecule has 4 heteroatoms. The molecular weight excluding hydrogens is 170 g/mol. The van der Waals surface area contributed by atoms with Gasteiger partial charge in [-0.25, -0.2) is 0 Å². The molecule has 0 unspecified atom stereocenters. The Morgan fingerprint density at radius 3 is 2.50 bits per heavy atom. The lowest BCUT2D eigenvalue weighted by Crippen LogP contribution is -2.14. The molecule has 1 aromatic carbocycles. The minimum atomic E-state index is -0.0700. The Morgan fingerprint density at radius 2 is 2.00 bits per heavy atom. The summed E-state index contributed by atoms with van der Waals surface area (Å²) in [4.78, 5) is 0. The van der Waals surface area contributed by atoms with Gasteiger partial charge < -0.3 is 5.02 Å². The second-order valence-corrected chi connectivity index (χ2v) is 2.74. The Hall–Kier alpha value is -0.175. The van der Waals surface area contributed by atoms with E-state index in [0.29, 0.717) is 15.5 Å². The van der Waals surface area contributed by atoms with E-state index in [1.54, 1.807) is 18.2 Å². The predicted octanol–water partition coefficient (Wildman–Crippen LogP) is 0.962. The molecule has 0 aliphatic carbocycles. The third-order valence-electron chi connectivity index (χ3n) is 1.18. The molecule has 1 N–H and O–H groups in total. The highest BCUT2D eigenvalue weighted by Gasteiger charge is 1.99. The molecule has 0 spiro atoms. The topological polar surface area (TPSA) is 20.2 Å². The number of hydrogen-bond acceptors (Lipinski definition) is 1. The van der Waals surface area contributed by atoms with Crippen molar-refractivity contribution in [2.45, 2.75) is 0 Å². The lowest BCUT2D eigenvalue weighted by molar-refractivity contribution is 0.615. The smallest absolute Gasteiger partial charge is 0.306 e. The summed E-state index contributed by atoms with van der Waals surface area (Å²) in [6.45, 7) is 0. The second kappa shape index (κ2) is 3.29. The first kappa shape index (κ1) is 7.93. The molecule has 0 aliphatic rings. The summed E-state index contributed by atoms with van der Waals surface area (Å²) < 4.78 is 0. The van der Waals surface area contributed by atoms with Gasteiger partial charge in [-0.1, -0.05) is 23.2 Å². The van der Waals surface area contributed by atoms with Crippen LogP contribution in [0.25, 0.3) is 0 Å². The fourth-order valence-corrected chi connectivity index (χ4v) is 1.04. The normalized spacial score (nSPS) is 9.50. The first-order valence-electron chi connectivity index (χ1n) is 2.79. The van der Waals surface area contributed by atoms with Crippen LogP contribution in [-0.4, -0.2) is 12.5 Å². The monoisotopic (exact) mass is 174 g/mol. The maximum atomic E-state index is 8.70. The Morgan fingerprint density at radius 1 is 1.30 bits per heavy atom. The van der Waals surface area contributed by atoms with E-state index in [0.717, 1.165) is 0 Å². The highest BCUT2D eigenvalue weighted by molar-refractivity contribution is 6.53. The van der Waals surface area contributed by atoms with Crippen molar-refractivity contribution in [3.05, 3.63) is 28.2 Å². The predicted molar refractivity (Wildman–Crippen MR) is 45.5 cm³/mol. The first-order valence-corrected chi connectivity index (χ1v) is 3.54. The summed E-state index contributed by atoms with van der Waals surface area (Å²) in [6.07, 6.45) is 0. The van der Waals surface area contributed by atoms with E-state index in [2.05, 4.69) is 0 Å². The van der Waals surface area contributed by atoms with Gasteiger partial charge in [0.15, 0.2) is 0 Å². The van der Waals surface area contributed by atoms with E-state index >= 15 is 0 Å². The van der Waals surface area contributed by atoms with E-state index in [1.165, 1.54) is 0 Å². The minimum Gasteiger partial charge on any atom is -0.449 e. The van der Waals surface area contributed by atoms with Crippen molar-refractivity contribution >= 4 is 36.1 Å². The van der Waals surface area contributed by atoms with Crippen LogP contribution in [0.4, 0.5) is 0 Å². The molecule has 0 saturated heterocycles. The zero-order valence-electron chi connectivity index (χ0n) is 5.14. The van der Waals surface area contributed by atoms with Crippen molar-refractivity contribution in [2.24, 2.45) is 0 Å². The third kappa shape index (κ3) is 1.66. The zero-order valence-corrected chi connectivity index (χ0v) is 6.65. The summed E-state index contributed by atoms with van der Waals surface area (Å²) in [7, 11) is -0.0700. The van der Waals surface area contributed by atoms with Crippen LogP contribution in [-0.2, 0) is 0 Å². The van der Waals surface area contributed by atoms with Crippen LogP contribution < -0.4 is 5.46 Å². The van der Waals surface area contributed by atoms with Crippen LogP contribution in [0.1, 0.15) is 0 Å². The lowest BCUT2D eigenvalue weighted by atomic mass is 9.89. The quantitative estimate of drug-likeness (QED) is 0.630. The molecule has 0 bridgehead atoms. The summed E-state index contributed by atoms with van der Waals surface area (Å²) >= 11 is 11.3.